The lowest BCUT2D eigenvalue weighted by atomic mass is 10.0. The normalized spacial score (nSPS) is 12.8. The summed E-state index contributed by atoms with van der Waals surface area (Å²) >= 11 is 0. The minimum absolute atomic E-state index is 0.314. The Kier molecular flexibility index (Phi) is 5.15. The van der Waals surface area contributed by atoms with E-state index in [1.165, 1.54) is 0 Å². The number of rotatable bonds is 6. The van der Waals surface area contributed by atoms with Crippen molar-refractivity contribution >= 4 is 0 Å². The van der Waals surface area contributed by atoms with Crippen molar-refractivity contribution < 1.29 is 4.74 Å². The second-order valence-electron chi connectivity index (χ2n) is 3.97. The van der Waals surface area contributed by atoms with E-state index in [9.17, 15) is 0 Å². The van der Waals surface area contributed by atoms with Gasteiger partial charge in [-0.1, -0.05) is 32.0 Å². The van der Waals surface area contributed by atoms with Gasteiger partial charge < -0.3 is 4.74 Å². The predicted molar refractivity (Wildman–Crippen MR) is 62.5 cm³/mol. The summed E-state index contributed by atoms with van der Waals surface area (Å²) in [5.74, 6) is 6.88. The van der Waals surface area contributed by atoms with E-state index in [1.54, 1.807) is 0 Å². The topological polar surface area (TPSA) is 47.3 Å². The van der Waals surface area contributed by atoms with Gasteiger partial charge in [0.15, 0.2) is 0 Å². The van der Waals surface area contributed by atoms with Crippen molar-refractivity contribution in [1.29, 1.82) is 0 Å². The number of hydrazine groups is 1. The van der Waals surface area contributed by atoms with Crippen LogP contribution in [0.4, 0.5) is 0 Å². The van der Waals surface area contributed by atoms with Crippen molar-refractivity contribution in [3.8, 4) is 5.75 Å². The molecule has 0 radical (unpaired) electrons. The first kappa shape index (κ1) is 12.0. The second-order valence-corrected chi connectivity index (χ2v) is 3.97. The number of hydrogen-bond acceptors (Lipinski definition) is 3. The van der Waals surface area contributed by atoms with Crippen molar-refractivity contribution in [2.45, 2.75) is 26.3 Å². The highest BCUT2D eigenvalue weighted by Gasteiger charge is 2.10. The van der Waals surface area contributed by atoms with Gasteiger partial charge in [0.25, 0.3) is 0 Å². The average molecular weight is 208 g/mol. The Balaban J connectivity index is 2.27. The third-order valence-corrected chi connectivity index (χ3v) is 2.46. The molecule has 0 aromatic heterocycles. The van der Waals surface area contributed by atoms with E-state index in [0.29, 0.717) is 18.6 Å². The van der Waals surface area contributed by atoms with E-state index < -0.39 is 0 Å². The van der Waals surface area contributed by atoms with Crippen LogP contribution < -0.4 is 16.0 Å². The first-order valence-electron chi connectivity index (χ1n) is 5.38. The van der Waals surface area contributed by atoms with Crippen LogP contribution in [-0.4, -0.2) is 12.6 Å². The molecule has 1 rings (SSSR count). The van der Waals surface area contributed by atoms with Crippen LogP contribution in [0.15, 0.2) is 30.3 Å². The Hall–Kier alpha value is -1.06. The Labute approximate surface area is 91.6 Å². The highest BCUT2D eigenvalue weighted by molar-refractivity contribution is 5.20. The monoisotopic (exact) mass is 208 g/mol. The first-order valence-corrected chi connectivity index (χ1v) is 5.38. The minimum Gasteiger partial charge on any atom is -0.494 e. The Bertz CT molecular complexity index is 262. The number of para-hydroxylation sites is 1. The maximum atomic E-state index is 5.59. The molecule has 1 atom stereocenters. The van der Waals surface area contributed by atoms with Gasteiger partial charge in [-0.05, 0) is 24.5 Å². The molecule has 0 bridgehead atoms. The summed E-state index contributed by atoms with van der Waals surface area (Å²) in [5, 5.41) is 0. The van der Waals surface area contributed by atoms with E-state index in [4.69, 9.17) is 10.6 Å². The van der Waals surface area contributed by atoms with Crippen LogP contribution in [0, 0.1) is 5.92 Å². The van der Waals surface area contributed by atoms with E-state index >= 15 is 0 Å². The number of hydrogen-bond donors (Lipinski definition) is 2. The summed E-state index contributed by atoms with van der Waals surface area (Å²) in [6.45, 7) is 4.98. The molecule has 0 aliphatic heterocycles. The Morgan fingerprint density at radius 1 is 1.27 bits per heavy atom. The smallest absolute Gasteiger partial charge is 0.119 e. The van der Waals surface area contributed by atoms with Gasteiger partial charge in [0.1, 0.15) is 5.75 Å². The minimum atomic E-state index is 0.314. The van der Waals surface area contributed by atoms with Gasteiger partial charge in [-0.2, -0.15) is 0 Å². The van der Waals surface area contributed by atoms with Gasteiger partial charge in [-0.3, -0.25) is 11.3 Å². The summed E-state index contributed by atoms with van der Waals surface area (Å²) in [6.07, 6.45) is 0.920. The van der Waals surface area contributed by atoms with E-state index in [2.05, 4.69) is 19.3 Å². The van der Waals surface area contributed by atoms with Gasteiger partial charge in [-0.15, -0.1) is 0 Å². The van der Waals surface area contributed by atoms with Crippen molar-refractivity contribution in [1.82, 2.24) is 5.43 Å². The molecule has 0 saturated carbocycles. The van der Waals surface area contributed by atoms with Crippen molar-refractivity contribution in [2.24, 2.45) is 11.8 Å². The van der Waals surface area contributed by atoms with Gasteiger partial charge in [0, 0.05) is 6.04 Å². The van der Waals surface area contributed by atoms with Crippen molar-refractivity contribution in [2.75, 3.05) is 6.61 Å². The number of nitrogens with one attached hydrogen (secondary N) is 1. The first-order chi connectivity index (χ1) is 7.24. The summed E-state index contributed by atoms with van der Waals surface area (Å²) in [4.78, 5) is 0. The predicted octanol–water partition coefficient (Wildman–Crippen LogP) is 1.94. The molecule has 0 saturated heterocycles. The fourth-order valence-corrected chi connectivity index (χ4v) is 1.43. The van der Waals surface area contributed by atoms with Crippen LogP contribution in [0.1, 0.15) is 20.3 Å². The Morgan fingerprint density at radius 3 is 2.47 bits per heavy atom. The molecule has 3 nitrogen and oxygen atoms in total. The van der Waals surface area contributed by atoms with Crippen LogP contribution in [0.5, 0.6) is 5.75 Å². The zero-order valence-electron chi connectivity index (χ0n) is 9.44. The average Bonchev–Trinajstić information content (AvgIpc) is 2.25. The highest BCUT2D eigenvalue weighted by atomic mass is 16.5. The standard InChI is InChI=1S/C12H20N2O/c1-10(2)12(14-13)8-9-15-11-6-4-3-5-7-11/h3-7,10,12,14H,8-9,13H2,1-2H3. The fraction of sp³-hybridized carbons (Fsp3) is 0.500. The zero-order valence-corrected chi connectivity index (χ0v) is 9.44. The van der Waals surface area contributed by atoms with E-state index in [1.807, 2.05) is 30.3 Å². The zero-order chi connectivity index (χ0) is 11.1. The molecule has 1 aromatic rings. The molecule has 84 valence electrons. The highest BCUT2D eigenvalue weighted by Crippen LogP contribution is 2.10. The van der Waals surface area contributed by atoms with Crippen LogP contribution in [0.2, 0.25) is 0 Å². The maximum absolute atomic E-state index is 5.59. The van der Waals surface area contributed by atoms with Crippen LogP contribution >= 0.6 is 0 Å². The molecule has 1 aromatic carbocycles. The lowest BCUT2D eigenvalue weighted by Gasteiger charge is -2.19. The summed E-state index contributed by atoms with van der Waals surface area (Å²) in [7, 11) is 0. The summed E-state index contributed by atoms with van der Waals surface area (Å²) < 4.78 is 5.59. The molecular weight excluding hydrogens is 188 g/mol. The third-order valence-electron chi connectivity index (χ3n) is 2.46. The molecule has 0 aliphatic carbocycles. The van der Waals surface area contributed by atoms with E-state index in [0.717, 1.165) is 12.2 Å². The van der Waals surface area contributed by atoms with Crippen LogP contribution in [0.25, 0.3) is 0 Å². The molecular formula is C12H20N2O. The van der Waals surface area contributed by atoms with E-state index in [-0.39, 0.29) is 0 Å². The van der Waals surface area contributed by atoms with Gasteiger partial charge in [-0.25, -0.2) is 0 Å². The summed E-state index contributed by atoms with van der Waals surface area (Å²) in [6, 6.07) is 10.1. The molecule has 0 aliphatic rings. The molecule has 0 spiro atoms. The number of ether oxygens (including phenoxy) is 1. The number of nitrogens with two attached hydrogens (primary N) is 1. The van der Waals surface area contributed by atoms with Crippen molar-refractivity contribution in [3.63, 3.8) is 0 Å². The lowest BCUT2D eigenvalue weighted by molar-refractivity contribution is 0.263. The quantitative estimate of drug-likeness (QED) is 0.555. The number of benzene rings is 1. The molecule has 15 heavy (non-hydrogen) atoms. The Morgan fingerprint density at radius 2 is 1.93 bits per heavy atom. The molecule has 0 heterocycles. The van der Waals surface area contributed by atoms with Crippen LogP contribution in [-0.2, 0) is 0 Å². The molecule has 3 heteroatoms. The van der Waals surface area contributed by atoms with Crippen LogP contribution in [0.3, 0.4) is 0 Å². The lowest BCUT2D eigenvalue weighted by Crippen LogP contribution is -2.40. The molecule has 3 N–H and O–H groups in total. The molecule has 0 amide bonds. The van der Waals surface area contributed by atoms with Gasteiger partial charge in [0.05, 0.1) is 6.61 Å². The third kappa shape index (κ3) is 4.32. The second kappa shape index (κ2) is 6.43. The fourth-order valence-electron chi connectivity index (χ4n) is 1.43. The van der Waals surface area contributed by atoms with Crippen molar-refractivity contribution in [3.05, 3.63) is 30.3 Å². The molecule has 0 fully saturated rings. The van der Waals surface area contributed by atoms with Gasteiger partial charge >= 0.3 is 0 Å². The SMILES string of the molecule is CC(C)C(CCOc1ccccc1)NN. The molecule has 1 unspecified atom stereocenters. The van der Waals surface area contributed by atoms with Gasteiger partial charge in [0.2, 0.25) is 0 Å². The largest absolute Gasteiger partial charge is 0.494 e. The maximum Gasteiger partial charge on any atom is 0.119 e. The summed E-state index contributed by atoms with van der Waals surface area (Å²) in [5.41, 5.74) is 2.81.